The molecule has 4 nitrogen and oxygen atoms in total. The first-order valence-corrected chi connectivity index (χ1v) is 17.3. The van der Waals surface area contributed by atoms with Crippen LogP contribution in [0.1, 0.15) is 187 Å². The van der Waals surface area contributed by atoms with Crippen LogP contribution >= 0.6 is 0 Å². The van der Waals surface area contributed by atoms with E-state index in [0.29, 0.717) is 6.42 Å². The molecule has 40 heavy (non-hydrogen) atoms. The summed E-state index contributed by atoms with van der Waals surface area (Å²) >= 11 is 0. The van der Waals surface area contributed by atoms with Gasteiger partial charge in [-0.3, -0.25) is 9.59 Å². The fraction of sp³-hybridized carbons (Fsp3) is 0.833. The highest BCUT2D eigenvalue weighted by molar-refractivity contribution is 5.69. The number of carboxylic acid groups (broad SMARTS) is 1. The second kappa shape index (κ2) is 31.9. The lowest BCUT2D eigenvalue weighted by molar-refractivity contribution is -0.147. The largest absolute Gasteiger partial charge is 0.481 e. The fourth-order valence-corrected chi connectivity index (χ4v) is 5.03. The Kier molecular flexibility index (Phi) is 30.7. The predicted molar refractivity (Wildman–Crippen MR) is 172 cm³/mol. The molecule has 0 heterocycles. The summed E-state index contributed by atoms with van der Waals surface area (Å²) in [7, 11) is 0. The van der Waals surface area contributed by atoms with Gasteiger partial charge in [-0.15, -0.1) is 0 Å². The molecule has 0 rings (SSSR count). The molecule has 1 unspecified atom stereocenters. The van der Waals surface area contributed by atoms with Gasteiger partial charge in [0.15, 0.2) is 0 Å². The molecule has 0 spiro atoms. The zero-order valence-electron chi connectivity index (χ0n) is 26.7. The van der Waals surface area contributed by atoms with E-state index in [1.165, 1.54) is 109 Å². The van der Waals surface area contributed by atoms with Crippen molar-refractivity contribution >= 4 is 11.9 Å². The molecule has 0 aromatic rings. The van der Waals surface area contributed by atoms with Crippen molar-refractivity contribution in [3.8, 4) is 0 Å². The van der Waals surface area contributed by atoms with E-state index in [1.54, 1.807) is 0 Å². The Morgan fingerprint density at radius 3 is 1.50 bits per heavy atom. The van der Waals surface area contributed by atoms with E-state index in [9.17, 15) is 9.59 Å². The standard InChI is InChI=1S/C36H66O4/c1-3-5-7-9-11-12-13-14-15-16-17-18-19-21-23-29-33-36(39)40-34(30-26-22-20-10-8-6-4-2)31-27-24-25-28-32-35(37)38/h15-16,26,30,34H,3-14,17-25,27-29,31-33H2,1-2H3,(H,37,38)/b16-15-,30-26-. The Labute approximate surface area is 248 Å². The van der Waals surface area contributed by atoms with Gasteiger partial charge in [0.25, 0.3) is 0 Å². The first kappa shape index (κ1) is 38.4. The van der Waals surface area contributed by atoms with Crippen LogP contribution in [0.5, 0.6) is 0 Å². The maximum atomic E-state index is 12.5. The molecule has 0 aliphatic carbocycles. The molecule has 4 heteroatoms. The van der Waals surface area contributed by atoms with Crippen LogP contribution in [0, 0.1) is 0 Å². The second-order valence-corrected chi connectivity index (χ2v) is 11.7. The maximum absolute atomic E-state index is 12.5. The number of carbonyl (C=O) groups excluding carboxylic acids is 1. The van der Waals surface area contributed by atoms with Crippen LogP contribution in [-0.4, -0.2) is 23.1 Å². The zero-order chi connectivity index (χ0) is 29.4. The minimum absolute atomic E-state index is 0.0724. The Morgan fingerprint density at radius 1 is 0.550 bits per heavy atom. The molecule has 0 fully saturated rings. The summed E-state index contributed by atoms with van der Waals surface area (Å²) in [5.41, 5.74) is 0. The van der Waals surface area contributed by atoms with Crippen molar-refractivity contribution in [1.29, 1.82) is 0 Å². The van der Waals surface area contributed by atoms with Crippen LogP contribution in [0.2, 0.25) is 0 Å². The number of aliphatic carboxylic acids is 1. The number of esters is 1. The first-order valence-electron chi connectivity index (χ1n) is 17.3. The summed E-state index contributed by atoms with van der Waals surface area (Å²) in [6.07, 6.45) is 39.2. The highest BCUT2D eigenvalue weighted by Gasteiger charge is 2.11. The number of ether oxygens (including phenoxy) is 1. The van der Waals surface area contributed by atoms with Crippen LogP contribution in [0.4, 0.5) is 0 Å². The molecule has 1 atom stereocenters. The van der Waals surface area contributed by atoms with Crippen molar-refractivity contribution in [3.63, 3.8) is 0 Å². The molecule has 0 saturated carbocycles. The quantitative estimate of drug-likeness (QED) is 0.0518. The summed E-state index contributed by atoms with van der Waals surface area (Å²) in [5.74, 6) is -0.795. The molecule has 1 N–H and O–H groups in total. The van der Waals surface area contributed by atoms with Crippen LogP contribution < -0.4 is 0 Å². The summed E-state index contributed by atoms with van der Waals surface area (Å²) in [5, 5.41) is 8.79. The molecule has 234 valence electrons. The van der Waals surface area contributed by atoms with E-state index in [0.717, 1.165) is 51.4 Å². The van der Waals surface area contributed by atoms with Gasteiger partial charge < -0.3 is 9.84 Å². The van der Waals surface area contributed by atoms with E-state index in [4.69, 9.17) is 9.84 Å². The Morgan fingerprint density at radius 2 is 0.975 bits per heavy atom. The number of rotatable bonds is 31. The van der Waals surface area contributed by atoms with Gasteiger partial charge in [-0.2, -0.15) is 0 Å². The van der Waals surface area contributed by atoms with E-state index in [-0.39, 0.29) is 18.5 Å². The predicted octanol–water partition coefficient (Wildman–Crippen LogP) is 11.7. The summed E-state index contributed by atoms with van der Waals surface area (Å²) < 4.78 is 5.84. The van der Waals surface area contributed by atoms with E-state index >= 15 is 0 Å². The van der Waals surface area contributed by atoms with Gasteiger partial charge in [-0.25, -0.2) is 0 Å². The van der Waals surface area contributed by atoms with Gasteiger partial charge in [-0.05, 0) is 70.3 Å². The Balaban J connectivity index is 3.96. The number of allylic oxidation sites excluding steroid dienone is 3. The average molecular weight is 563 g/mol. The molecule has 0 saturated heterocycles. The third-order valence-electron chi connectivity index (χ3n) is 7.63. The topological polar surface area (TPSA) is 63.6 Å². The van der Waals surface area contributed by atoms with Gasteiger partial charge in [0, 0.05) is 12.8 Å². The number of hydrogen-bond donors (Lipinski definition) is 1. The van der Waals surface area contributed by atoms with Crippen LogP contribution in [0.15, 0.2) is 24.3 Å². The molecule has 0 aromatic heterocycles. The van der Waals surface area contributed by atoms with Crippen molar-refractivity contribution in [2.45, 2.75) is 193 Å². The zero-order valence-corrected chi connectivity index (χ0v) is 26.7. The summed E-state index contributed by atoms with van der Waals surface area (Å²) in [6, 6.07) is 0. The Hall–Kier alpha value is -1.58. The van der Waals surface area contributed by atoms with Crippen molar-refractivity contribution in [2.75, 3.05) is 0 Å². The Bertz CT molecular complexity index is 610. The molecule has 0 aromatic carbocycles. The molecule has 0 aliphatic heterocycles. The third kappa shape index (κ3) is 31.0. The van der Waals surface area contributed by atoms with Gasteiger partial charge in [0.1, 0.15) is 6.10 Å². The van der Waals surface area contributed by atoms with E-state index in [1.807, 2.05) is 0 Å². The monoisotopic (exact) mass is 562 g/mol. The number of hydrogen-bond acceptors (Lipinski definition) is 3. The smallest absolute Gasteiger partial charge is 0.306 e. The van der Waals surface area contributed by atoms with Crippen molar-refractivity contribution in [1.82, 2.24) is 0 Å². The van der Waals surface area contributed by atoms with E-state index in [2.05, 4.69) is 38.2 Å². The number of carboxylic acids is 1. The molecule has 0 aliphatic rings. The number of unbranched alkanes of at least 4 members (excludes halogenated alkanes) is 20. The third-order valence-corrected chi connectivity index (χ3v) is 7.63. The summed E-state index contributed by atoms with van der Waals surface area (Å²) in [4.78, 5) is 23.2. The van der Waals surface area contributed by atoms with Crippen LogP contribution in [-0.2, 0) is 14.3 Å². The molecular formula is C36H66O4. The fourth-order valence-electron chi connectivity index (χ4n) is 5.03. The van der Waals surface area contributed by atoms with Gasteiger partial charge in [0.2, 0.25) is 0 Å². The molecule has 0 amide bonds. The minimum Gasteiger partial charge on any atom is -0.481 e. The summed E-state index contributed by atoms with van der Waals surface area (Å²) in [6.45, 7) is 4.51. The average Bonchev–Trinajstić information content (AvgIpc) is 2.93. The van der Waals surface area contributed by atoms with Gasteiger partial charge in [-0.1, -0.05) is 128 Å². The minimum atomic E-state index is -0.723. The van der Waals surface area contributed by atoms with Gasteiger partial charge >= 0.3 is 11.9 Å². The molecular weight excluding hydrogens is 496 g/mol. The highest BCUT2D eigenvalue weighted by Crippen LogP contribution is 2.15. The highest BCUT2D eigenvalue weighted by atomic mass is 16.5. The van der Waals surface area contributed by atoms with Crippen molar-refractivity contribution in [3.05, 3.63) is 24.3 Å². The number of carbonyl (C=O) groups is 2. The lowest BCUT2D eigenvalue weighted by atomic mass is 10.1. The maximum Gasteiger partial charge on any atom is 0.306 e. The van der Waals surface area contributed by atoms with E-state index < -0.39 is 5.97 Å². The lowest BCUT2D eigenvalue weighted by Crippen LogP contribution is -2.16. The van der Waals surface area contributed by atoms with Crippen molar-refractivity contribution < 1.29 is 19.4 Å². The van der Waals surface area contributed by atoms with Crippen molar-refractivity contribution in [2.24, 2.45) is 0 Å². The molecule has 0 bridgehead atoms. The molecule has 0 radical (unpaired) electrons. The van der Waals surface area contributed by atoms with Gasteiger partial charge in [0.05, 0.1) is 0 Å². The second-order valence-electron chi connectivity index (χ2n) is 11.7. The SMILES string of the molecule is CCCCCCC/C=C\C(CCCCCCC(=O)O)OC(=O)CCCCCCC/C=C\CCCCCCCCC. The normalized spacial score (nSPS) is 12.4. The van der Waals surface area contributed by atoms with Crippen LogP contribution in [0.25, 0.3) is 0 Å². The lowest BCUT2D eigenvalue weighted by Gasteiger charge is -2.15. The van der Waals surface area contributed by atoms with Crippen LogP contribution in [0.3, 0.4) is 0 Å². The first-order chi connectivity index (χ1) is 19.6.